The summed E-state index contributed by atoms with van der Waals surface area (Å²) >= 11 is 1.44. The number of nitrogens with zero attached hydrogens (tertiary/aromatic N) is 2. The van der Waals surface area contributed by atoms with Crippen molar-refractivity contribution in [3.8, 4) is 11.5 Å². The number of benzene rings is 3. The third-order valence-electron chi connectivity index (χ3n) is 5.65. The molecule has 0 saturated carbocycles. The zero-order valence-electron chi connectivity index (χ0n) is 20.2. The molecule has 8 heteroatoms. The largest absolute Gasteiger partial charge is 0.497 e. The Bertz CT molecular complexity index is 1280. The lowest BCUT2D eigenvalue weighted by atomic mass is 10.1. The van der Waals surface area contributed by atoms with Crippen LogP contribution in [0.15, 0.2) is 78.2 Å². The topological polar surface area (TPSA) is 63.7 Å². The number of methoxy groups -OCH3 is 2. The van der Waals surface area contributed by atoms with Gasteiger partial charge in [-0.15, -0.1) is 11.3 Å². The summed E-state index contributed by atoms with van der Waals surface area (Å²) in [4.78, 5) is 19.4. The maximum atomic E-state index is 13.4. The van der Waals surface area contributed by atoms with E-state index in [1.54, 1.807) is 31.7 Å². The number of aromatic nitrogens is 1. The van der Waals surface area contributed by atoms with E-state index in [0.717, 1.165) is 27.4 Å². The van der Waals surface area contributed by atoms with Crippen LogP contribution in [0.25, 0.3) is 0 Å². The highest BCUT2D eigenvalue weighted by molar-refractivity contribution is 7.09. The minimum Gasteiger partial charge on any atom is -0.497 e. The molecule has 4 aromatic rings. The Labute approximate surface area is 214 Å². The Morgan fingerprint density at radius 3 is 2.44 bits per heavy atom. The fourth-order valence-corrected chi connectivity index (χ4v) is 4.60. The predicted molar refractivity (Wildman–Crippen MR) is 139 cm³/mol. The van der Waals surface area contributed by atoms with Gasteiger partial charge in [-0.25, -0.2) is 9.37 Å². The first-order valence-electron chi connectivity index (χ1n) is 11.5. The summed E-state index contributed by atoms with van der Waals surface area (Å²) in [5.41, 5.74) is 3.38. The predicted octanol–water partition coefficient (Wildman–Crippen LogP) is 5.43. The van der Waals surface area contributed by atoms with Gasteiger partial charge in [0.2, 0.25) is 0 Å². The first-order chi connectivity index (χ1) is 17.5. The van der Waals surface area contributed by atoms with Gasteiger partial charge in [-0.3, -0.25) is 9.69 Å². The molecule has 0 atom stereocenters. The fourth-order valence-electron chi connectivity index (χ4n) is 3.79. The third-order valence-corrected chi connectivity index (χ3v) is 6.48. The molecule has 0 aliphatic heterocycles. The number of ether oxygens (including phenoxy) is 2. The van der Waals surface area contributed by atoms with E-state index in [-0.39, 0.29) is 11.7 Å². The molecule has 1 heterocycles. The van der Waals surface area contributed by atoms with Crippen molar-refractivity contribution in [3.05, 3.63) is 111 Å². The first kappa shape index (κ1) is 25.3. The Morgan fingerprint density at radius 2 is 1.72 bits per heavy atom. The van der Waals surface area contributed by atoms with Crippen LogP contribution in [0, 0.1) is 5.82 Å². The second-order valence-electron chi connectivity index (χ2n) is 8.24. The van der Waals surface area contributed by atoms with Gasteiger partial charge < -0.3 is 14.8 Å². The van der Waals surface area contributed by atoms with Crippen molar-refractivity contribution in [2.24, 2.45) is 0 Å². The molecule has 0 bridgehead atoms. The number of carbonyl (C=O) groups is 1. The molecule has 0 aliphatic carbocycles. The monoisotopic (exact) mass is 505 g/mol. The molecule has 1 amide bonds. The van der Waals surface area contributed by atoms with Gasteiger partial charge in [-0.05, 0) is 29.3 Å². The summed E-state index contributed by atoms with van der Waals surface area (Å²) in [6.07, 6.45) is 0. The maximum absolute atomic E-state index is 13.4. The molecular weight excluding hydrogens is 477 g/mol. The summed E-state index contributed by atoms with van der Waals surface area (Å²) in [6.45, 7) is 2.11. The van der Waals surface area contributed by atoms with Crippen LogP contribution in [0.5, 0.6) is 11.5 Å². The normalized spacial score (nSPS) is 10.9. The highest BCUT2D eigenvalue weighted by Crippen LogP contribution is 2.27. The Balaban J connectivity index is 1.48. The maximum Gasteiger partial charge on any atom is 0.271 e. The minimum atomic E-state index is -0.270. The molecule has 6 nitrogen and oxygen atoms in total. The lowest BCUT2D eigenvalue weighted by molar-refractivity contribution is 0.0946. The van der Waals surface area contributed by atoms with Crippen molar-refractivity contribution in [2.75, 3.05) is 14.2 Å². The van der Waals surface area contributed by atoms with Crippen LogP contribution in [-0.2, 0) is 26.2 Å². The molecule has 1 N–H and O–H groups in total. The highest BCUT2D eigenvalue weighted by atomic mass is 32.1. The molecule has 4 rings (SSSR count). The van der Waals surface area contributed by atoms with Crippen LogP contribution < -0.4 is 14.8 Å². The zero-order valence-corrected chi connectivity index (χ0v) is 21.1. The summed E-state index contributed by atoms with van der Waals surface area (Å²) < 4.78 is 24.3. The number of carbonyl (C=O) groups excluding carboxylic acids is 1. The average molecular weight is 506 g/mol. The van der Waals surface area contributed by atoms with Crippen LogP contribution in [0.3, 0.4) is 0 Å². The number of hydrogen-bond acceptors (Lipinski definition) is 6. The van der Waals surface area contributed by atoms with E-state index in [2.05, 4.69) is 15.2 Å². The highest BCUT2D eigenvalue weighted by Gasteiger charge is 2.16. The standard InChI is InChI=1S/C28H28FN3O3S/c1-34-24-13-10-22(26(14-24)35-2)17-32(16-21-8-11-23(29)12-9-21)18-27-31-25(19-36-27)28(33)30-15-20-6-4-3-5-7-20/h3-14,19H,15-18H2,1-2H3,(H,30,33). The second kappa shape index (κ2) is 12.3. The second-order valence-corrected chi connectivity index (χ2v) is 9.19. The number of nitrogens with one attached hydrogen (secondary N) is 1. The summed E-state index contributed by atoms with van der Waals surface area (Å²) in [5.74, 6) is 0.960. The molecule has 3 aromatic carbocycles. The van der Waals surface area contributed by atoms with Crippen LogP contribution in [0.4, 0.5) is 4.39 Å². The van der Waals surface area contributed by atoms with Crippen LogP contribution >= 0.6 is 11.3 Å². The fraction of sp³-hybridized carbons (Fsp3) is 0.214. The van der Waals surface area contributed by atoms with Gasteiger partial charge in [-0.2, -0.15) is 0 Å². The third kappa shape index (κ3) is 6.90. The summed E-state index contributed by atoms with van der Waals surface area (Å²) in [6, 6.07) is 21.9. The van der Waals surface area contributed by atoms with E-state index in [4.69, 9.17) is 9.47 Å². The number of rotatable bonds is 11. The van der Waals surface area contributed by atoms with Crippen molar-refractivity contribution in [2.45, 2.75) is 26.2 Å². The van der Waals surface area contributed by atoms with Gasteiger partial charge in [0.25, 0.3) is 5.91 Å². The molecule has 36 heavy (non-hydrogen) atoms. The van der Waals surface area contributed by atoms with E-state index >= 15 is 0 Å². The van der Waals surface area contributed by atoms with Gasteiger partial charge in [0.05, 0.1) is 20.8 Å². The van der Waals surface area contributed by atoms with Crippen molar-refractivity contribution in [1.29, 1.82) is 0 Å². The molecule has 0 unspecified atom stereocenters. The van der Waals surface area contributed by atoms with Gasteiger partial charge in [-0.1, -0.05) is 48.5 Å². The molecular formula is C28H28FN3O3S. The molecule has 0 saturated heterocycles. The van der Waals surface area contributed by atoms with Crippen LogP contribution in [0.1, 0.15) is 32.2 Å². The molecule has 0 radical (unpaired) electrons. The number of thiazole rings is 1. The van der Waals surface area contributed by atoms with Crippen molar-refractivity contribution < 1.29 is 18.7 Å². The van der Waals surface area contributed by atoms with E-state index < -0.39 is 0 Å². The molecule has 0 aliphatic rings. The van der Waals surface area contributed by atoms with Gasteiger partial charge in [0.1, 0.15) is 28.0 Å². The SMILES string of the molecule is COc1ccc(CN(Cc2ccc(F)cc2)Cc2nc(C(=O)NCc3ccccc3)cs2)c(OC)c1. The summed E-state index contributed by atoms with van der Waals surface area (Å²) in [7, 11) is 3.25. The lowest BCUT2D eigenvalue weighted by Crippen LogP contribution is -2.24. The average Bonchev–Trinajstić information content (AvgIpc) is 3.38. The first-order valence-corrected chi connectivity index (χ1v) is 12.4. The smallest absolute Gasteiger partial charge is 0.271 e. The molecule has 1 aromatic heterocycles. The van der Waals surface area contributed by atoms with Crippen LogP contribution in [-0.4, -0.2) is 30.0 Å². The zero-order chi connectivity index (χ0) is 25.3. The van der Waals surface area contributed by atoms with E-state index in [0.29, 0.717) is 37.6 Å². The Morgan fingerprint density at radius 1 is 0.944 bits per heavy atom. The quantitative estimate of drug-likeness (QED) is 0.294. The van der Waals surface area contributed by atoms with Crippen molar-refractivity contribution in [3.63, 3.8) is 0 Å². The van der Waals surface area contributed by atoms with Crippen molar-refractivity contribution >= 4 is 17.2 Å². The van der Waals surface area contributed by atoms with E-state index in [1.165, 1.54) is 23.5 Å². The van der Waals surface area contributed by atoms with Crippen molar-refractivity contribution in [1.82, 2.24) is 15.2 Å². The van der Waals surface area contributed by atoms with Gasteiger partial charge in [0.15, 0.2) is 0 Å². The molecule has 186 valence electrons. The number of amides is 1. The number of hydrogen-bond donors (Lipinski definition) is 1. The molecule has 0 fully saturated rings. The van der Waals surface area contributed by atoms with E-state index in [1.807, 2.05) is 48.5 Å². The summed E-state index contributed by atoms with van der Waals surface area (Å²) in [5, 5.41) is 5.51. The Kier molecular flexibility index (Phi) is 8.65. The van der Waals surface area contributed by atoms with E-state index in [9.17, 15) is 9.18 Å². The van der Waals surface area contributed by atoms with Gasteiger partial charge in [0, 0.05) is 36.6 Å². The molecule has 0 spiro atoms. The number of halogens is 1. The lowest BCUT2D eigenvalue weighted by Gasteiger charge is -2.23. The Hall–Kier alpha value is -3.75. The minimum absolute atomic E-state index is 0.205. The van der Waals surface area contributed by atoms with Crippen LogP contribution in [0.2, 0.25) is 0 Å². The van der Waals surface area contributed by atoms with Gasteiger partial charge >= 0.3 is 0 Å².